The average Bonchev–Trinajstić information content (AvgIpc) is 2.54. The van der Waals surface area contributed by atoms with Gasteiger partial charge >= 0.3 is 6.09 Å². The topological polar surface area (TPSA) is 105 Å². The monoisotopic (exact) mass is 361 g/mol. The third-order valence-corrected chi connectivity index (χ3v) is 3.47. The van der Waals surface area contributed by atoms with Crippen molar-refractivity contribution in [3.05, 3.63) is 0 Å². The predicted octanol–water partition coefficient (Wildman–Crippen LogP) is 2.18. The number of nitrogens with one attached hydrogen (secondary N) is 1. The number of hydrogen-bond acceptors (Lipinski definition) is 6. The summed E-state index contributed by atoms with van der Waals surface area (Å²) in [4.78, 5) is 23.3. The molecule has 0 rings (SSSR count). The van der Waals surface area contributed by atoms with E-state index in [9.17, 15) is 19.8 Å². The zero-order chi connectivity index (χ0) is 19.3. The van der Waals surface area contributed by atoms with Gasteiger partial charge in [-0.25, -0.2) is 4.79 Å². The summed E-state index contributed by atoms with van der Waals surface area (Å²) in [6.45, 7) is 7.94. The van der Waals surface area contributed by atoms with Gasteiger partial charge in [-0.3, -0.25) is 4.79 Å². The van der Waals surface area contributed by atoms with Crippen LogP contribution in [0.2, 0.25) is 0 Å². The molecule has 7 nitrogen and oxygen atoms in total. The number of aliphatic hydroxyl groups excluding tert-OH is 2. The Morgan fingerprint density at radius 1 is 1.12 bits per heavy atom. The minimum atomic E-state index is -1.32. The highest BCUT2D eigenvalue weighted by molar-refractivity contribution is 5.83. The number of aliphatic hydroxyl groups is 2. The summed E-state index contributed by atoms with van der Waals surface area (Å²) in [5.74, 6) is -0.338. The number of unbranched alkanes of at least 4 members (excludes halogenated alkanes) is 3. The van der Waals surface area contributed by atoms with Gasteiger partial charge in [-0.2, -0.15) is 0 Å². The van der Waals surface area contributed by atoms with Crippen molar-refractivity contribution in [3.63, 3.8) is 0 Å². The first kappa shape index (κ1) is 23.8. The quantitative estimate of drug-likeness (QED) is 0.434. The molecule has 0 fully saturated rings. The first-order chi connectivity index (χ1) is 11.7. The number of amides is 1. The van der Waals surface area contributed by atoms with Crippen LogP contribution in [0.15, 0.2) is 0 Å². The van der Waals surface area contributed by atoms with Crippen molar-refractivity contribution in [2.45, 2.75) is 84.0 Å². The zero-order valence-corrected chi connectivity index (χ0v) is 16.0. The summed E-state index contributed by atoms with van der Waals surface area (Å²) in [5.41, 5.74) is -0.550. The molecule has 0 aliphatic heterocycles. The van der Waals surface area contributed by atoms with Crippen LogP contribution in [-0.4, -0.2) is 59.7 Å². The van der Waals surface area contributed by atoms with Gasteiger partial charge in [0.25, 0.3) is 0 Å². The molecule has 0 aliphatic rings. The van der Waals surface area contributed by atoms with E-state index < -0.39 is 30.5 Å². The largest absolute Gasteiger partial charge is 0.450 e. The lowest BCUT2D eigenvalue weighted by atomic mass is 10.0. The highest BCUT2D eigenvalue weighted by Gasteiger charge is 2.29. The lowest BCUT2D eigenvalue weighted by Crippen LogP contribution is -2.42. The Kier molecular flexibility index (Phi) is 12.5. The number of ketones is 1. The van der Waals surface area contributed by atoms with Gasteiger partial charge in [0, 0.05) is 13.0 Å². The van der Waals surface area contributed by atoms with Crippen molar-refractivity contribution < 1.29 is 29.3 Å². The Balaban J connectivity index is 3.86. The van der Waals surface area contributed by atoms with Crippen LogP contribution in [0.5, 0.6) is 0 Å². The molecule has 3 N–H and O–H groups in total. The van der Waals surface area contributed by atoms with Crippen LogP contribution in [0.1, 0.15) is 66.2 Å². The maximum atomic E-state index is 12.0. The van der Waals surface area contributed by atoms with Crippen molar-refractivity contribution in [1.82, 2.24) is 5.32 Å². The van der Waals surface area contributed by atoms with Gasteiger partial charge in [0.1, 0.15) is 12.2 Å². The number of ether oxygens (including phenoxy) is 2. The second kappa shape index (κ2) is 13.1. The van der Waals surface area contributed by atoms with Gasteiger partial charge in [-0.05, 0) is 40.0 Å². The first-order valence-electron chi connectivity index (χ1n) is 9.11. The lowest BCUT2D eigenvalue weighted by molar-refractivity contribution is -0.152. The smallest absolute Gasteiger partial charge is 0.407 e. The van der Waals surface area contributed by atoms with Crippen molar-refractivity contribution in [1.29, 1.82) is 0 Å². The van der Waals surface area contributed by atoms with Crippen LogP contribution >= 0.6 is 0 Å². The summed E-state index contributed by atoms with van der Waals surface area (Å²) >= 11 is 0. The van der Waals surface area contributed by atoms with Crippen LogP contribution in [0.4, 0.5) is 4.79 Å². The molecular weight excluding hydrogens is 326 g/mol. The van der Waals surface area contributed by atoms with Crippen molar-refractivity contribution >= 4 is 11.9 Å². The fourth-order valence-electron chi connectivity index (χ4n) is 2.16. The van der Waals surface area contributed by atoms with Crippen LogP contribution in [0, 0.1) is 0 Å². The van der Waals surface area contributed by atoms with Gasteiger partial charge in [0.05, 0.1) is 18.8 Å². The summed E-state index contributed by atoms with van der Waals surface area (Å²) in [6.07, 6.45) is 1.48. The molecule has 0 saturated carbocycles. The fourth-order valence-corrected chi connectivity index (χ4v) is 2.16. The van der Waals surface area contributed by atoms with E-state index in [1.807, 2.05) is 6.92 Å². The fraction of sp³-hybridized carbons (Fsp3) is 0.889. The van der Waals surface area contributed by atoms with Crippen molar-refractivity contribution in [2.24, 2.45) is 0 Å². The first-order valence-corrected chi connectivity index (χ1v) is 9.11. The number of carbonyl (C=O) groups is 2. The Morgan fingerprint density at radius 3 is 2.36 bits per heavy atom. The van der Waals surface area contributed by atoms with E-state index in [-0.39, 0.29) is 12.2 Å². The Morgan fingerprint density at radius 2 is 1.80 bits per heavy atom. The number of carbonyl (C=O) groups excluding carboxylic acids is 2. The van der Waals surface area contributed by atoms with Crippen molar-refractivity contribution in [3.8, 4) is 0 Å². The van der Waals surface area contributed by atoms with E-state index in [1.165, 1.54) is 0 Å². The molecule has 0 aromatic heterocycles. The normalized spacial score (nSPS) is 14.0. The lowest BCUT2D eigenvalue weighted by Gasteiger charge is -2.29. The molecule has 0 radical (unpaired) electrons. The third kappa shape index (κ3) is 12.8. The molecule has 1 amide bonds. The number of Topliss-reactive ketones (excluding diaryl/α,β-unsaturated/α-hetero) is 1. The third-order valence-electron chi connectivity index (χ3n) is 3.47. The average molecular weight is 361 g/mol. The van der Waals surface area contributed by atoms with Gasteiger partial charge in [0.2, 0.25) is 0 Å². The van der Waals surface area contributed by atoms with E-state index in [2.05, 4.69) is 5.32 Å². The number of rotatable bonds is 13. The zero-order valence-electron chi connectivity index (χ0n) is 16.0. The standard InChI is InChI=1S/C18H35NO6/c1-5-6-12-24-17(23)19-11-9-7-8-10-14(21)16(22)15(13-20)25-18(2,3)4/h15-16,20,22H,5-13H2,1-4H3,(H,19,23). The van der Waals surface area contributed by atoms with Crippen LogP contribution < -0.4 is 5.32 Å². The summed E-state index contributed by atoms with van der Waals surface area (Å²) < 4.78 is 10.5. The Bertz CT molecular complexity index is 380. The summed E-state index contributed by atoms with van der Waals surface area (Å²) in [6, 6.07) is 0. The second-order valence-electron chi connectivity index (χ2n) is 7.09. The highest BCUT2D eigenvalue weighted by atomic mass is 16.5. The van der Waals surface area contributed by atoms with Crippen LogP contribution in [0.25, 0.3) is 0 Å². The van der Waals surface area contributed by atoms with E-state index in [1.54, 1.807) is 20.8 Å². The number of alkyl carbamates (subject to hydrolysis) is 1. The molecular formula is C18H35NO6. The molecule has 0 bridgehead atoms. The molecule has 2 atom stereocenters. The molecule has 0 aliphatic carbocycles. The van der Waals surface area contributed by atoms with Gasteiger partial charge < -0.3 is 25.0 Å². The molecule has 148 valence electrons. The molecule has 25 heavy (non-hydrogen) atoms. The SMILES string of the molecule is CCCCOC(=O)NCCCCCC(=O)C(O)C(CO)OC(C)(C)C. The van der Waals surface area contributed by atoms with E-state index in [4.69, 9.17) is 9.47 Å². The summed E-state index contributed by atoms with van der Waals surface area (Å²) in [7, 11) is 0. The summed E-state index contributed by atoms with van der Waals surface area (Å²) in [5, 5.41) is 22.0. The Labute approximate surface area is 151 Å². The minimum absolute atomic E-state index is 0.214. The molecule has 0 aromatic carbocycles. The Hall–Kier alpha value is -1.18. The van der Waals surface area contributed by atoms with E-state index in [0.29, 0.717) is 19.6 Å². The molecule has 0 heterocycles. The minimum Gasteiger partial charge on any atom is -0.450 e. The second-order valence-corrected chi connectivity index (χ2v) is 7.09. The number of hydrogen-bond donors (Lipinski definition) is 3. The molecule has 2 unspecified atom stereocenters. The van der Waals surface area contributed by atoms with Crippen molar-refractivity contribution in [2.75, 3.05) is 19.8 Å². The molecule has 7 heteroatoms. The highest BCUT2D eigenvalue weighted by Crippen LogP contribution is 2.15. The molecule has 0 spiro atoms. The predicted molar refractivity (Wildman–Crippen MR) is 95.5 cm³/mol. The maximum absolute atomic E-state index is 12.0. The van der Waals surface area contributed by atoms with E-state index in [0.717, 1.165) is 25.7 Å². The van der Waals surface area contributed by atoms with Gasteiger partial charge in [-0.1, -0.05) is 19.8 Å². The maximum Gasteiger partial charge on any atom is 0.407 e. The molecule has 0 aromatic rings. The van der Waals surface area contributed by atoms with Crippen LogP contribution in [-0.2, 0) is 14.3 Å². The van der Waals surface area contributed by atoms with Gasteiger partial charge in [0.15, 0.2) is 5.78 Å². The molecule has 0 saturated heterocycles. The van der Waals surface area contributed by atoms with E-state index >= 15 is 0 Å². The van der Waals surface area contributed by atoms with Crippen LogP contribution in [0.3, 0.4) is 0 Å². The van der Waals surface area contributed by atoms with Gasteiger partial charge in [-0.15, -0.1) is 0 Å².